The molecule has 1 atom stereocenters. The van der Waals surface area contributed by atoms with Crippen LogP contribution in [0.4, 0.5) is 0 Å². The molecule has 1 unspecified atom stereocenters. The van der Waals surface area contributed by atoms with Crippen LogP contribution in [0.5, 0.6) is 0 Å². The van der Waals surface area contributed by atoms with Gasteiger partial charge in [0.2, 0.25) is 11.8 Å². The Morgan fingerprint density at radius 1 is 1.25 bits per heavy atom. The maximum Gasteiger partial charge on any atom is 0.244 e. The van der Waals surface area contributed by atoms with Gasteiger partial charge in [0.25, 0.3) is 0 Å². The molecule has 2 N–H and O–H groups in total. The second-order valence-corrected chi connectivity index (χ2v) is 6.27. The summed E-state index contributed by atoms with van der Waals surface area (Å²) in [6, 6.07) is 7.00. The summed E-state index contributed by atoms with van der Waals surface area (Å²) in [7, 11) is 0. The Bertz CT molecular complexity index is 598. The molecule has 2 aliphatic rings. The number of hydrogen-bond acceptors (Lipinski definition) is 4. The Morgan fingerprint density at radius 2 is 2.00 bits per heavy atom. The third-order valence-electron chi connectivity index (χ3n) is 4.71. The zero-order valence-electron chi connectivity index (χ0n) is 13.8. The molecule has 0 spiro atoms. The topological polar surface area (TPSA) is 81.9 Å². The lowest BCUT2D eigenvalue weighted by Crippen LogP contribution is -2.46. The van der Waals surface area contributed by atoms with E-state index in [-0.39, 0.29) is 18.4 Å². The molecule has 2 heterocycles. The van der Waals surface area contributed by atoms with Crippen molar-refractivity contribution in [2.75, 3.05) is 26.4 Å². The molecule has 3 rings (SSSR count). The van der Waals surface area contributed by atoms with Gasteiger partial charge in [-0.25, -0.2) is 0 Å². The van der Waals surface area contributed by atoms with Crippen molar-refractivity contribution in [3.63, 3.8) is 0 Å². The number of benzene rings is 1. The Balaban J connectivity index is 1.60. The van der Waals surface area contributed by atoms with E-state index in [2.05, 4.69) is 0 Å². The second kappa shape index (κ2) is 7.77. The van der Waals surface area contributed by atoms with Crippen molar-refractivity contribution in [1.82, 2.24) is 4.90 Å². The van der Waals surface area contributed by atoms with Gasteiger partial charge < -0.3 is 20.1 Å². The maximum absolute atomic E-state index is 12.6. The molecular weight excluding hydrogens is 308 g/mol. The Morgan fingerprint density at radius 3 is 2.75 bits per heavy atom. The normalized spacial score (nSPS) is 21.3. The van der Waals surface area contributed by atoms with Crippen molar-refractivity contribution in [2.45, 2.75) is 37.8 Å². The molecular formula is C18H24N2O4. The van der Waals surface area contributed by atoms with Gasteiger partial charge in [0, 0.05) is 19.8 Å². The van der Waals surface area contributed by atoms with Crippen molar-refractivity contribution in [1.29, 1.82) is 0 Å². The number of amides is 2. The van der Waals surface area contributed by atoms with Crippen LogP contribution in [-0.2, 0) is 25.5 Å². The molecule has 2 aliphatic heterocycles. The van der Waals surface area contributed by atoms with Crippen LogP contribution in [0.2, 0.25) is 0 Å². The van der Waals surface area contributed by atoms with Gasteiger partial charge in [-0.3, -0.25) is 9.59 Å². The van der Waals surface area contributed by atoms with E-state index < -0.39 is 11.9 Å². The van der Waals surface area contributed by atoms with Crippen LogP contribution in [0.25, 0.3) is 0 Å². The van der Waals surface area contributed by atoms with Crippen LogP contribution >= 0.6 is 0 Å². The molecule has 130 valence electrons. The van der Waals surface area contributed by atoms with E-state index in [4.69, 9.17) is 15.2 Å². The van der Waals surface area contributed by atoms with Crippen molar-refractivity contribution < 1.29 is 19.1 Å². The van der Waals surface area contributed by atoms with E-state index in [1.54, 1.807) is 4.90 Å². The lowest BCUT2D eigenvalue weighted by Gasteiger charge is -2.35. The lowest BCUT2D eigenvalue weighted by molar-refractivity contribution is -0.141. The monoisotopic (exact) mass is 332 g/mol. The molecule has 0 aliphatic carbocycles. The fourth-order valence-electron chi connectivity index (χ4n) is 3.44. The molecule has 0 saturated carbocycles. The molecule has 1 fully saturated rings. The molecule has 1 aromatic rings. The highest BCUT2D eigenvalue weighted by molar-refractivity contribution is 5.88. The summed E-state index contributed by atoms with van der Waals surface area (Å²) in [4.78, 5) is 26.1. The number of rotatable bonds is 5. The lowest BCUT2D eigenvalue weighted by atomic mass is 9.92. The van der Waals surface area contributed by atoms with E-state index in [0.717, 1.165) is 30.4 Å². The molecule has 24 heavy (non-hydrogen) atoms. The van der Waals surface area contributed by atoms with Gasteiger partial charge in [-0.2, -0.15) is 0 Å². The number of nitrogens with zero attached hydrogens (tertiary/aromatic N) is 1. The summed E-state index contributed by atoms with van der Waals surface area (Å²) >= 11 is 0. The van der Waals surface area contributed by atoms with Crippen LogP contribution in [0.3, 0.4) is 0 Å². The first-order valence-electron chi connectivity index (χ1n) is 8.52. The van der Waals surface area contributed by atoms with E-state index in [1.807, 2.05) is 24.3 Å². The molecule has 0 bridgehead atoms. The van der Waals surface area contributed by atoms with Crippen molar-refractivity contribution in [3.05, 3.63) is 35.4 Å². The van der Waals surface area contributed by atoms with Crippen LogP contribution in [-0.4, -0.2) is 49.2 Å². The largest absolute Gasteiger partial charge is 0.381 e. The predicted molar refractivity (Wildman–Crippen MR) is 88.2 cm³/mol. The minimum absolute atomic E-state index is 0.0830. The fraction of sp³-hybridized carbons (Fsp3) is 0.556. The minimum Gasteiger partial charge on any atom is -0.381 e. The summed E-state index contributed by atoms with van der Waals surface area (Å²) in [5.74, 6) is -0.568. The number of carbonyl (C=O) groups is 2. The van der Waals surface area contributed by atoms with Crippen LogP contribution < -0.4 is 5.73 Å². The van der Waals surface area contributed by atoms with Crippen LogP contribution in [0.1, 0.15) is 36.4 Å². The van der Waals surface area contributed by atoms with Gasteiger partial charge in [0.1, 0.15) is 6.04 Å². The summed E-state index contributed by atoms with van der Waals surface area (Å²) in [5.41, 5.74) is 7.51. The zero-order chi connectivity index (χ0) is 16.9. The highest BCUT2D eigenvalue weighted by Crippen LogP contribution is 2.30. The smallest absolute Gasteiger partial charge is 0.244 e. The standard InChI is InChI=1S/C18H24N2O4/c19-18(22)17-15-4-2-1-3-13(15)5-9-20(17)16(21)8-12-24-14-6-10-23-11-7-14/h1-4,14,17H,5-12H2,(H2,19,22). The number of nitrogens with two attached hydrogens (primary N) is 1. The first-order chi connectivity index (χ1) is 11.7. The number of fused-ring (bicyclic) bond motifs is 1. The minimum atomic E-state index is -0.675. The molecule has 0 radical (unpaired) electrons. The number of hydrogen-bond donors (Lipinski definition) is 1. The van der Waals surface area contributed by atoms with Gasteiger partial charge in [-0.15, -0.1) is 0 Å². The first-order valence-corrected chi connectivity index (χ1v) is 8.52. The van der Waals surface area contributed by atoms with Gasteiger partial charge >= 0.3 is 0 Å². The van der Waals surface area contributed by atoms with Crippen LogP contribution in [0.15, 0.2) is 24.3 Å². The van der Waals surface area contributed by atoms with Gasteiger partial charge in [-0.05, 0) is 30.4 Å². The van der Waals surface area contributed by atoms with E-state index in [1.165, 1.54) is 0 Å². The zero-order valence-corrected chi connectivity index (χ0v) is 13.8. The van der Waals surface area contributed by atoms with Crippen molar-refractivity contribution in [2.24, 2.45) is 5.73 Å². The Hall–Kier alpha value is -1.92. The maximum atomic E-state index is 12.6. The molecule has 0 aromatic heterocycles. The highest BCUT2D eigenvalue weighted by Gasteiger charge is 2.34. The third kappa shape index (κ3) is 3.76. The predicted octanol–water partition coefficient (Wildman–Crippen LogP) is 1.18. The quantitative estimate of drug-likeness (QED) is 0.878. The summed E-state index contributed by atoms with van der Waals surface area (Å²) in [5, 5.41) is 0. The van der Waals surface area contributed by atoms with Gasteiger partial charge in [0.15, 0.2) is 0 Å². The SMILES string of the molecule is NC(=O)C1c2ccccc2CCN1C(=O)CCOC1CCOCC1. The van der Waals surface area contributed by atoms with E-state index >= 15 is 0 Å². The molecule has 6 heteroatoms. The van der Waals surface area contributed by atoms with Crippen molar-refractivity contribution >= 4 is 11.8 Å². The highest BCUT2D eigenvalue weighted by atomic mass is 16.5. The average Bonchev–Trinajstić information content (AvgIpc) is 2.61. The fourth-order valence-corrected chi connectivity index (χ4v) is 3.44. The number of primary amides is 1. The first kappa shape index (κ1) is 16.9. The molecule has 1 aromatic carbocycles. The van der Waals surface area contributed by atoms with E-state index in [0.29, 0.717) is 26.4 Å². The van der Waals surface area contributed by atoms with Crippen LogP contribution in [0, 0.1) is 0 Å². The van der Waals surface area contributed by atoms with E-state index in [9.17, 15) is 9.59 Å². The number of ether oxygens (including phenoxy) is 2. The number of carbonyl (C=O) groups excluding carboxylic acids is 2. The summed E-state index contributed by atoms with van der Waals surface area (Å²) < 4.78 is 11.1. The average molecular weight is 332 g/mol. The molecule has 6 nitrogen and oxygen atoms in total. The Kier molecular flexibility index (Phi) is 5.48. The van der Waals surface area contributed by atoms with Crippen molar-refractivity contribution in [3.8, 4) is 0 Å². The summed E-state index contributed by atoms with van der Waals surface area (Å²) in [6.07, 6.45) is 2.92. The van der Waals surface area contributed by atoms with Gasteiger partial charge in [0.05, 0.1) is 19.1 Å². The molecule has 1 saturated heterocycles. The molecule has 2 amide bonds. The third-order valence-corrected chi connectivity index (χ3v) is 4.71. The van der Waals surface area contributed by atoms with Gasteiger partial charge in [-0.1, -0.05) is 24.3 Å². The summed E-state index contributed by atoms with van der Waals surface area (Å²) in [6.45, 7) is 2.31. The Labute approximate surface area is 141 Å². The second-order valence-electron chi connectivity index (χ2n) is 6.27.